The van der Waals surface area contributed by atoms with Gasteiger partial charge in [0.1, 0.15) is 0 Å². The van der Waals surface area contributed by atoms with Crippen molar-refractivity contribution in [2.24, 2.45) is 7.05 Å². The third-order valence-electron chi connectivity index (χ3n) is 6.04. The van der Waals surface area contributed by atoms with Gasteiger partial charge in [0.2, 0.25) is 11.8 Å². The van der Waals surface area contributed by atoms with Gasteiger partial charge in [-0.05, 0) is 24.5 Å². The first-order chi connectivity index (χ1) is 15.5. The Morgan fingerprint density at radius 2 is 1.44 bits per heavy atom. The molecule has 7 heteroatoms. The molecule has 0 aliphatic carbocycles. The van der Waals surface area contributed by atoms with Crippen LogP contribution in [-0.2, 0) is 29.5 Å². The molecule has 32 heavy (non-hydrogen) atoms. The van der Waals surface area contributed by atoms with E-state index >= 15 is 0 Å². The molecule has 2 amide bonds. The second-order valence-electron chi connectivity index (χ2n) is 8.20. The minimum absolute atomic E-state index is 0.0301. The Hall–Kier alpha value is -3.48. The van der Waals surface area contributed by atoms with Gasteiger partial charge in [-0.25, -0.2) is 4.68 Å². The molecule has 0 N–H and O–H groups in total. The lowest BCUT2D eigenvalue weighted by Crippen LogP contribution is -2.51. The van der Waals surface area contributed by atoms with Gasteiger partial charge in [-0.1, -0.05) is 48.5 Å². The summed E-state index contributed by atoms with van der Waals surface area (Å²) in [6.45, 7) is 2.15. The van der Waals surface area contributed by atoms with E-state index in [0.29, 0.717) is 43.7 Å². The summed E-state index contributed by atoms with van der Waals surface area (Å²) in [6.07, 6.45) is 2.38. The van der Waals surface area contributed by atoms with Crippen molar-refractivity contribution in [2.75, 3.05) is 26.2 Å². The molecule has 2 heterocycles. The van der Waals surface area contributed by atoms with Crippen LogP contribution >= 0.6 is 0 Å². The zero-order chi connectivity index (χ0) is 22.5. The van der Waals surface area contributed by atoms with E-state index in [1.165, 1.54) is 10.2 Å². The number of hydrogen-bond acceptors (Lipinski definition) is 4. The molecule has 4 rings (SSSR count). The number of aromatic nitrogens is 2. The minimum atomic E-state index is -0.170. The summed E-state index contributed by atoms with van der Waals surface area (Å²) < 4.78 is 1.29. The number of benzene rings is 2. The maximum atomic E-state index is 12.9. The van der Waals surface area contributed by atoms with Crippen LogP contribution in [0.2, 0.25) is 0 Å². The lowest BCUT2D eigenvalue weighted by Gasteiger charge is -2.35. The molecule has 0 atom stereocenters. The fourth-order valence-electron chi connectivity index (χ4n) is 4.21. The quantitative estimate of drug-likeness (QED) is 0.598. The van der Waals surface area contributed by atoms with Crippen molar-refractivity contribution in [1.82, 2.24) is 19.6 Å². The van der Waals surface area contributed by atoms with Crippen molar-refractivity contribution in [2.45, 2.75) is 25.7 Å². The summed E-state index contributed by atoms with van der Waals surface area (Å²) in [6, 6.07) is 17.4. The number of aryl methyl sites for hydroxylation is 2. The Kier molecular flexibility index (Phi) is 6.63. The Labute approximate surface area is 187 Å². The molecule has 0 unspecified atom stereocenters. The van der Waals surface area contributed by atoms with Gasteiger partial charge >= 0.3 is 0 Å². The molecule has 1 aliphatic heterocycles. The molecule has 1 saturated heterocycles. The molecule has 166 valence electrons. The Morgan fingerprint density at radius 3 is 2.12 bits per heavy atom. The molecule has 0 radical (unpaired) electrons. The van der Waals surface area contributed by atoms with Crippen LogP contribution in [0.4, 0.5) is 0 Å². The fourth-order valence-corrected chi connectivity index (χ4v) is 4.21. The number of carbonyl (C=O) groups is 2. The van der Waals surface area contributed by atoms with Crippen molar-refractivity contribution in [3.8, 4) is 0 Å². The molecule has 1 aromatic heterocycles. The highest BCUT2D eigenvalue weighted by Crippen LogP contribution is 2.15. The molecule has 1 aliphatic rings. The number of carbonyl (C=O) groups excluding carboxylic acids is 2. The first kappa shape index (κ1) is 21.7. The average Bonchev–Trinajstić information content (AvgIpc) is 2.83. The number of fused-ring (bicyclic) bond motifs is 1. The smallest absolute Gasteiger partial charge is 0.274 e. The van der Waals surface area contributed by atoms with Crippen LogP contribution in [0, 0.1) is 0 Å². The average molecular weight is 433 g/mol. The largest absolute Gasteiger partial charge is 0.339 e. The maximum absolute atomic E-state index is 12.9. The van der Waals surface area contributed by atoms with Crippen LogP contribution in [0.5, 0.6) is 0 Å². The van der Waals surface area contributed by atoms with Crippen molar-refractivity contribution < 1.29 is 9.59 Å². The van der Waals surface area contributed by atoms with E-state index in [0.717, 1.165) is 18.2 Å². The molecule has 0 saturated carbocycles. The summed E-state index contributed by atoms with van der Waals surface area (Å²) in [5.74, 6) is 0.122. The Morgan fingerprint density at radius 1 is 0.844 bits per heavy atom. The molecular formula is C25H28N4O3. The first-order valence-corrected chi connectivity index (χ1v) is 11.1. The summed E-state index contributed by atoms with van der Waals surface area (Å²) in [5.41, 5.74) is 1.68. The lowest BCUT2D eigenvalue weighted by atomic mass is 10.1. The van der Waals surface area contributed by atoms with Gasteiger partial charge in [0.25, 0.3) is 5.56 Å². The fraction of sp³-hybridized carbons (Fsp3) is 0.360. The van der Waals surface area contributed by atoms with Gasteiger partial charge in [-0.15, -0.1) is 0 Å². The number of amides is 2. The molecular weight excluding hydrogens is 404 g/mol. The van der Waals surface area contributed by atoms with Gasteiger partial charge in [0.05, 0.1) is 17.5 Å². The second kappa shape index (κ2) is 9.77. The predicted octanol–water partition coefficient (Wildman–Crippen LogP) is 2.17. The third-order valence-corrected chi connectivity index (χ3v) is 6.04. The molecule has 3 aromatic rings. The Bertz CT molecular complexity index is 1160. The van der Waals surface area contributed by atoms with Gasteiger partial charge in [-0.3, -0.25) is 14.4 Å². The Balaban J connectivity index is 1.30. The highest BCUT2D eigenvalue weighted by molar-refractivity contribution is 5.88. The molecule has 0 bridgehead atoms. The summed E-state index contributed by atoms with van der Waals surface area (Å²) in [5, 5.41) is 5.62. The number of piperazine rings is 1. The van der Waals surface area contributed by atoms with Gasteiger partial charge in [0.15, 0.2) is 0 Å². The maximum Gasteiger partial charge on any atom is 0.274 e. The molecule has 7 nitrogen and oxygen atoms in total. The zero-order valence-electron chi connectivity index (χ0n) is 18.4. The van der Waals surface area contributed by atoms with Crippen LogP contribution in [0.25, 0.3) is 10.8 Å². The van der Waals surface area contributed by atoms with E-state index in [1.54, 1.807) is 18.0 Å². The molecule has 2 aromatic carbocycles. The van der Waals surface area contributed by atoms with Crippen LogP contribution in [0.3, 0.4) is 0 Å². The highest BCUT2D eigenvalue weighted by atomic mass is 16.2. The van der Waals surface area contributed by atoms with Crippen molar-refractivity contribution >= 4 is 22.6 Å². The predicted molar refractivity (Wildman–Crippen MR) is 123 cm³/mol. The van der Waals surface area contributed by atoms with Gasteiger partial charge in [-0.2, -0.15) is 5.10 Å². The van der Waals surface area contributed by atoms with E-state index in [4.69, 9.17) is 0 Å². The second-order valence-corrected chi connectivity index (χ2v) is 8.20. The monoisotopic (exact) mass is 432 g/mol. The SMILES string of the molecule is Cn1nc(CC(=O)N2CCN(C(=O)CCCc3ccccc3)CC2)c2ccccc2c1=O. The summed E-state index contributed by atoms with van der Waals surface area (Å²) in [4.78, 5) is 41.4. The number of hydrogen-bond donors (Lipinski definition) is 0. The van der Waals surface area contributed by atoms with Crippen molar-refractivity contribution in [3.63, 3.8) is 0 Å². The van der Waals surface area contributed by atoms with Crippen molar-refractivity contribution in [1.29, 1.82) is 0 Å². The van der Waals surface area contributed by atoms with E-state index in [1.807, 2.05) is 41.3 Å². The van der Waals surface area contributed by atoms with E-state index < -0.39 is 0 Å². The highest BCUT2D eigenvalue weighted by Gasteiger charge is 2.25. The van der Waals surface area contributed by atoms with Crippen LogP contribution in [0.1, 0.15) is 24.1 Å². The number of rotatable bonds is 6. The van der Waals surface area contributed by atoms with E-state index in [-0.39, 0.29) is 23.8 Å². The standard InChI is InChI=1S/C25H28N4O3/c1-27-25(32)21-12-6-5-11-20(21)22(26-27)18-24(31)29-16-14-28(15-17-29)23(30)13-7-10-19-8-3-2-4-9-19/h2-6,8-9,11-12H,7,10,13-18H2,1H3. The molecule has 1 fully saturated rings. The van der Waals surface area contributed by atoms with E-state index in [2.05, 4.69) is 17.2 Å². The van der Waals surface area contributed by atoms with Crippen LogP contribution < -0.4 is 5.56 Å². The normalized spacial score (nSPS) is 14.0. The summed E-state index contributed by atoms with van der Waals surface area (Å²) >= 11 is 0. The number of nitrogens with zero attached hydrogens (tertiary/aromatic N) is 4. The van der Waals surface area contributed by atoms with E-state index in [9.17, 15) is 14.4 Å². The lowest BCUT2D eigenvalue weighted by molar-refractivity contribution is -0.139. The van der Waals surface area contributed by atoms with Gasteiger partial charge in [0, 0.05) is 45.0 Å². The first-order valence-electron chi connectivity index (χ1n) is 11.1. The zero-order valence-corrected chi connectivity index (χ0v) is 18.4. The topological polar surface area (TPSA) is 75.5 Å². The van der Waals surface area contributed by atoms with Crippen LogP contribution in [0.15, 0.2) is 59.4 Å². The van der Waals surface area contributed by atoms with Crippen LogP contribution in [-0.4, -0.2) is 57.6 Å². The van der Waals surface area contributed by atoms with Gasteiger partial charge < -0.3 is 9.80 Å². The third kappa shape index (κ3) is 4.88. The molecule has 0 spiro atoms. The summed E-state index contributed by atoms with van der Waals surface area (Å²) in [7, 11) is 1.60. The minimum Gasteiger partial charge on any atom is -0.339 e. The van der Waals surface area contributed by atoms with Crippen molar-refractivity contribution in [3.05, 3.63) is 76.2 Å².